The van der Waals surface area contributed by atoms with Gasteiger partial charge in [-0.3, -0.25) is 0 Å². The van der Waals surface area contributed by atoms with Crippen molar-refractivity contribution in [2.45, 2.75) is 46.9 Å². The number of carbonyl (C=O) groups excluding carboxylic acids is 3. The Kier molecular flexibility index (Phi) is 5.83. The van der Waals surface area contributed by atoms with Gasteiger partial charge in [0.05, 0.1) is 0 Å². The molecule has 0 aromatic heterocycles. The molecule has 1 aromatic carbocycles. The molecule has 0 atom stereocenters. The zero-order valence-electron chi connectivity index (χ0n) is 13.9. The zero-order valence-corrected chi connectivity index (χ0v) is 16.8. The summed E-state index contributed by atoms with van der Waals surface area (Å²) in [5.41, 5.74) is 1.19. The van der Waals surface area contributed by atoms with Crippen LogP contribution in [0.25, 0.3) is 0 Å². The maximum atomic E-state index is 11.7. The van der Waals surface area contributed by atoms with E-state index in [0.29, 0.717) is 11.5 Å². The second kappa shape index (κ2) is 7.47. The monoisotopic (exact) mass is 425 g/mol. The predicted octanol–water partition coefficient (Wildman–Crippen LogP) is 2.16. The first-order valence-corrected chi connectivity index (χ1v) is 17.9. The Bertz CT molecular complexity index is 588. The van der Waals surface area contributed by atoms with E-state index in [1.54, 1.807) is 0 Å². The number of nitrogens with zero attached hydrogens (tertiary/aromatic N) is 1. The van der Waals surface area contributed by atoms with Crippen molar-refractivity contribution in [1.29, 1.82) is 0 Å². The Morgan fingerprint density at radius 2 is 1.65 bits per heavy atom. The second-order valence-corrected chi connectivity index (χ2v) is 21.3. The van der Waals surface area contributed by atoms with Gasteiger partial charge in [0.1, 0.15) is 0 Å². The summed E-state index contributed by atoms with van der Waals surface area (Å²) in [5.74, 6) is -1.41. The van der Waals surface area contributed by atoms with E-state index in [-0.39, 0.29) is 19.3 Å². The number of aryl methyl sites for hydroxylation is 1. The Labute approximate surface area is 140 Å². The van der Waals surface area contributed by atoms with E-state index >= 15 is 0 Å². The van der Waals surface area contributed by atoms with Crippen LogP contribution < -0.4 is 3.58 Å². The fourth-order valence-corrected chi connectivity index (χ4v) is 5.74. The maximum absolute atomic E-state index is 11.7. The van der Waals surface area contributed by atoms with E-state index < -0.39 is 36.2 Å². The predicted molar refractivity (Wildman–Crippen MR) is 89.5 cm³/mol. The summed E-state index contributed by atoms with van der Waals surface area (Å²) >= 11 is -2.00. The number of imide groups is 1. The number of hydrogen-bond acceptors (Lipinski definition) is 4. The minimum absolute atomic E-state index is 0.122. The standard InChI is InChI=1S/C14H14NO4.3CH3.Sn/c16-12-9-10-13(17)15(12)19-14(18)8-4-7-11-5-2-1-3-6-11;;;;/h2-3,5-6H,4,7-10H2;3*1H3;. The summed E-state index contributed by atoms with van der Waals surface area (Å²) in [6, 6.07) is 8.64. The van der Waals surface area contributed by atoms with Crippen LogP contribution in [-0.4, -0.2) is 41.2 Å². The second-order valence-electron chi connectivity index (χ2n) is 6.85. The van der Waals surface area contributed by atoms with Crippen LogP contribution in [0, 0.1) is 0 Å². The summed E-state index contributed by atoms with van der Waals surface area (Å²) in [6.45, 7) is 0. The molecule has 6 heteroatoms. The van der Waals surface area contributed by atoms with Crippen molar-refractivity contribution in [2.75, 3.05) is 0 Å². The van der Waals surface area contributed by atoms with Crippen molar-refractivity contribution >= 4 is 39.7 Å². The quantitative estimate of drug-likeness (QED) is 0.519. The average Bonchev–Trinajstić information content (AvgIpc) is 2.79. The molecule has 1 heterocycles. The molecule has 5 nitrogen and oxygen atoms in total. The van der Waals surface area contributed by atoms with Crippen molar-refractivity contribution in [3.63, 3.8) is 0 Å². The van der Waals surface area contributed by atoms with Gasteiger partial charge in [-0.25, -0.2) is 0 Å². The van der Waals surface area contributed by atoms with Crippen molar-refractivity contribution < 1.29 is 19.2 Å². The Morgan fingerprint density at radius 1 is 1.09 bits per heavy atom. The van der Waals surface area contributed by atoms with Crippen molar-refractivity contribution in [1.82, 2.24) is 5.06 Å². The molecular formula is C17H23NO4Sn. The topological polar surface area (TPSA) is 63.7 Å². The molecule has 1 saturated heterocycles. The molecule has 0 unspecified atom stereocenters. The molecule has 0 aliphatic carbocycles. The van der Waals surface area contributed by atoms with Gasteiger partial charge in [-0.2, -0.15) is 0 Å². The SMILES string of the molecule is [CH3][Sn]([CH3])([CH3])[c]1ccc(CCCC(=O)ON2C(=O)CCC2=O)cc1. The third kappa shape index (κ3) is 5.06. The van der Waals surface area contributed by atoms with Crippen LogP contribution >= 0.6 is 0 Å². The third-order valence-electron chi connectivity index (χ3n) is 3.87. The number of rotatable bonds is 6. The van der Waals surface area contributed by atoms with E-state index in [1.807, 2.05) is 0 Å². The van der Waals surface area contributed by atoms with Crippen molar-refractivity contribution in [2.24, 2.45) is 0 Å². The van der Waals surface area contributed by atoms with E-state index in [9.17, 15) is 14.4 Å². The van der Waals surface area contributed by atoms with Crippen LogP contribution in [0.4, 0.5) is 0 Å². The first-order chi connectivity index (χ1) is 10.8. The average molecular weight is 424 g/mol. The van der Waals surface area contributed by atoms with Gasteiger partial charge in [-0.05, 0) is 0 Å². The molecule has 2 rings (SSSR count). The van der Waals surface area contributed by atoms with Crippen LogP contribution in [0.3, 0.4) is 0 Å². The Hall–Kier alpha value is -1.37. The van der Waals surface area contributed by atoms with Gasteiger partial charge in [0.2, 0.25) is 0 Å². The normalized spacial score (nSPS) is 15.2. The van der Waals surface area contributed by atoms with E-state index in [0.717, 1.165) is 6.42 Å². The van der Waals surface area contributed by atoms with Crippen LogP contribution in [0.15, 0.2) is 24.3 Å². The van der Waals surface area contributed by atoms with Crippen LogP contribution in [0.5, 0.6) is 0 Å². The summed E-state index contributed by atoms with van der Waals surface area (Å²) < 4.78 is 1.48. The summed E-state index contributed by atoms with van der Waals surface area (Å²) in [5, 5.41) is 0.605. The molecule has 124 valence electrons. The number of hydroxylamine groups is 2. The Morgan fingerprint density at radius 3 is 2.17 bits per heavy atom. The summed E-state index contributed by atoms with van der Waals surface area (Å²) in [4.78, 5) is 46.4. The number of hydrogen-bond donors (Lipinski definition) is 0. The van der Waals surface area contributed by atoms with Gasteiger partial charge in [-0.15, -0.1) is 0 Å². The van der Waals surface area contributed by atoms with Gasteiger partial charge >= 0.3 is 141 Å². The summed E-state index contributed by atoms with van der Waals surface area (Å²) in [6.07, 6.45) is 1.84. The molecule has 0 radical (unpaired) electrons. The first kappa shape index (κ1) is 18.0. The summed E-state index contributed by atoms with van der Waals surface area (Å²) in [7, 11) is 0. The van der Waals surface area contributed by atoms with E-state index in [1.165, 1.54) is 9.14 Å². The molecule has 1 aliphatic rings. The van der Waals surface area contributed by atoms with Gasteiger partial charge in [0.15, 0.2) is 0 Å². The fraction of sp³-hybridized carbons (Fsp3) is 0.471. The number of amides is 2. The van der Waals surface area contributed by atoms with E-state index in [2.05, 4.69) is 39.1 Å². The van der Waals surface area contributed by atoms with Crippen LogP contribution in [0.1, 0.15) is 31.2 Å². The molecule has 0 spiro atoms. The van der Waals surface area contributed by atoms with Crippen molar-refractivity contribution in [3.05, 3.63) is 29.8 Å². The Balaban J connectivity index is 1.77. The number of carbonyl (C=O) groups is 3. The first-order valence-electron chi connectivity index (χ1n) is 7.93. The fourth-order valence-electron chi connectivity index (χ4n) is 2.41. The molecular weight excluding hydrogens is 401 g/mol. The van der Waals surface area contributed by atoms with Gasteiger partial charge in [0, 0.05) is 0 Å². The zero-order chi connectivity index (χ0) is 17.0. The van der Waals surface area contributed by atoms with E-state index in [4.69, 9.17) is 4.84 Å². The van der Waals surface area contributed by atoms with Gasteiger partial charge in [0.25, 0.3) is 0 Å². The molecule has 0 bridgehead atoms. The van der Waals surface area contributed by atoms with Crippen LogP contribution in [0.2, 0.25) is 14.8 Å². The molecule has 2 amide bonds. The van der Waals surface area contributed by atoms with Gasteiger partial charge < -0.3 is 0 Å². The molecule has 0 saturated carbocycles. The van der Waals surface area contributed by atoms with Crippen molar-refractivity contribution in [3.8, 4) is 0 Å². The third-order valence-corrected chi connectivity index (χ3v) is 9.76. The molecule has 1 aliphatic heterocycles. The molecule has 1 fully saturated rings. The van der Waals surface area contributed by atoms with Gasteiger partial charge in [-0.1, -0.05) is 0 Å². The molecule has 1 aromatic rings. The van der Waals surface area contributed by atoms with Crippen LogP contribution in [-0.2, 0) is 25.6 Å². The molecule has 23 heavy (non-hydrogen) atoms. The molecule has 0 N–H and O–H groups in total. The minimum atomic E-state index is -2.00. The number of benzene rings is 1.